The van der Waals surface area contributed by atoms with Crippen LogP contribution >= 0.6 is 22.7 Å². The van der Waals surface area contributed by atoms with Gasteiger partial charge in [-0.15, -0.1) is 22.7 Å². The molecule has 21 heavy (non-hydrogen) atoms. The van der Waals surface area contributed by atoms with E-state index in [1.54, 1.807) is 11.3 Å². The summed E-state index contributed by atoms with van der Waals surface area (Å²) in [5.41, 5.74) is 7.50. The van der Waals surface area contributed by atoms with Gasteiger partial charge in [-0.3, -0.25) is 4.90 Å². The second-order valence-corrected chi connectivity index (χ2v) is 7.79. The third-order valence-corrected chi connectivity index (χ3v) is 5.92. The maximum atomic E-state index is 6.08. The van der Waals surface area contributed by atoms with Crippen LogP contribution in [0.5, 0.6) is 0 Å². The van der Waals surface area contributed by atoms with Crippen molar-refractivity contribution in [2.75, 3.05) is 37.6 Å². The zero-order valence-electron chi connectivity index (χ0n) is 12.6. The molecule has 0 radical (unpaired) electrons. The smallest absolute Gasteiger partial charge is 0.185 e. The molecule has 1 saturated heterocycles. The Bertz CT molecular complexity index is 571. The van der Waals surface area contributed by atoms with E-state index in [9.17, 15) is 0 Å². The minimum atomic E-state index is 0.355. The molecule has 3 heterocycles. The molecule has 1 atom stereocenters. The van der Waals surface area contributed by atoms with E-state index in [0.717, 1.165) is 31.3 Å². The van der Waals surface area contributed by atoms with E-state index in [-0.39, 0.29) is 0 Å². The molecule has 0 spiro atoms. The number of aryl methyl sites for hydroxylation is 2. The van der Waals surface area contributed by atoms with Crippen molar-refractivity contribution >= 4 is 27.8 Å². The molecule has 0 aliphatic carbocycles. The molecule has 114 valence electrons. The van der Waals surface area contributed by atoms with Gasteiger partial charge in [0.1, 0.15) is 0 Å². The second-order valence-electron chi connectivity index (χ2n) is 5.46. The second kappa shape index (κ2) is 6.44. The van der Waals surface area contributed by atoms with Gasteiger partial charge in [0.25, 0.3) is 0 Å². The molecule has 2 aromatic heterocycles. The number of nitrogens with two attached hydrogens (primary N) is 1. The summed E-state index contributed by atoms with van der Waals surface area (Å²) >= 11 is 3.59. The summed E-state index contributed by atoms with van der Waals surface area (Å²) in [6.07, 6.45) is 1.88. The highest BCUT2D eigenvalue weighted by molar-refractivity contribution is 7.13. The van der Waals surface area contributed by atoms with Gasteiger partial charge in [0.15, 0.2) is 5.13 Å². The largest absolute Gasteiger partial charge is 0.346 e. The van der Waals surface area contributed by atoms with Crippen LogP contribution in [0.1, 0.15) is 21.4 Å². The maximum Gasteiger partial charge on any atom is 0.185 e. The van der Waals surface area contributed by atoms with Gasteiger partial charge in [-0.1, -0.05) is 0 Å². The highest BCUT2D eigenvalue weighted by atomic mass is 32.1. The predicted molar refractivity (Wildman–Crippen MR) is 91.5 cm³/mol. The molecular weight excluding hydrogens is 300 g/mol. The summed E-state index contributed by atoms with van der Waals surface area (Å²) in [6, 6.07) is 2.67. The van der Waals surface area contributed by atoms with Crippen LogP contribution in [0.2, 0.25) is 0 Å². The van der Waals surface area contributed by atoms with Gasteiger partial charge >= 0.3 is 0 Å². The van der Waals surface area contributed by atoms with Gasteiger partial charge in [0, 0.05) is 60.1 Å². The molecule has 0 saturated carbocycles. The van der Waals surface area contributed by atoms with Gasteiger partial charge < -0.3 is 10.6 Å². The Kier molecular flexibility index (Phi) is 4.59. The first-order chi connectivity index (χ1) is 10.2. The normalized spacial score (nSPS) is 18.1. The first-order valence-corrected chi connectivity index (χ1v) is 9.04. The van der Waals surface area contributed by atoms with Crippen molar-refractivity contribution in [1.82, 2.24) is 9.88 Å². The summed E-state index contributed by atoms with van der Waals surface area (Å²) in [5.74, 6) is 0. The maximum absolute atomic E-state index is 6.08. The van der Waals surface area contributed by atoms with Crippen LogP contribution < -0.4 is 10.6 Å². The number of thiophene rings is 1. The van der Waals surface area contributed by atoms with Crippen LogP contribution in [0.25, 0.3) is 0 Å². The number of thiazole rings is 1. The highest BCUT2D eigenvalue weighted by Crippen LogP contribution is 2.31. The number of aromatic nitrogens is 1. The van der Waals surface area contributed by atoms with Crippen molar-refractivity contribution in [3.63, 3.8) is 0 Å². The number of rotatable bonds is 4. The summed E-state index contributed by atoms with van der Waals surface area (Å²) in [5, 5.41) is 3.18. The molecule has 6 heteroatoms. The predicted octanol–water partition coefficient (Wildman–Crippen LogP) is 2.64. The SMILES string of the molecule is Cc1cc(C(CN)N2CCN(c3nccs3)CC2)c(C)s1. The van der Waals surface area contributed by atoms with E-state index < -0.39 is 0 Å². The molecule has 1 aliphatic heterocycles. The summed E-state index contributed by atoms with van der Waals surface area (Å²) in [7, 11) is 0. The van der Waals surface area contributed by atoms with Gasteiger partial charge in [-0.2, -0.15) is 0 Å². The van der Waals surface area contributed by atoms with Crippen molar-refractivity contribution < 1.29 is 0 Å². The summed E-state index contributed by atoms with van der Waals surface area (Å²) < 4.78 is 0. The number of anilines is 1. The fourth-order valence-corrected chi connectivity index (χ4v) is 4.73. The van der Waals surface area contributed by atoms with Crippen molar-refractivity contribution in [2.24, 2.45) is 5.73 Å². The van der Waals surface area contributed by atoms with E-state index in [1.165, 1.54) is 15.3 Å². The molecule has 0 bridgehead atoms. The standard InChI is InChI=1S/C15H22N4S2/c1-11-9-13(12(2)21-11)14(10-16)18-4-6-19(7-5-18)15-17-3-8-20-15/h3,8-9,14H,4-7,10,16H2,1-2H3. The monoisotopic (exact) mass is 322 g/mol. The van der Waals surface area contributed by atoms with E-state index in [2.05, 4.69) is 34.7 Å². The molecule has 3 rings (SSSR count). The minimum absolute atomic E-state index is 0.355. The molecule has 0 amide bonds. The molecule has 4 nitrogen and oxygen atoms in total. The van der Waals surface area contributed by atoms with E-state index in [4.69, 9.17) is 5.73 Å². The van der Waals surface area contributed by atoms with Crippen LogP contribution in [0, 0.1) is 13.8 Å². The van der Waals surface area contributed by atoms with Crippen molar-refractivity contribution in [1.29, 1.82) is 0 Å². The highest BCUT2D eigenvalue weighted by Gasteiger charge is 2.26. The lowest BCUT2D eigenvalue weighted by atomic mass is 10.1. The quantitative estimate of drug-likeness (QED) is 0.940. The van der Waals surface area contributed by atoms with Crippen LogP contribution in [0.15, 0.2) is 17.6 Å². The first-order valence-electron chi connectivity index (χ1n) is 7.34. The lowest BCUT2D eigenvalue weighted by Gasteiger charge is -2.39. The molecule has 2 aromatic rings. The topological polar surface area (TPSA) is 45.4 Å². The minimum Gasteiger partial charge on any atom is -0.346 e. The Balaban J connectivity index is 1.68. The lowest BCUT2D eigenvalue weighted by molar-refractivity contribution is 0.190. The summed E-state index contributed by atoms with van der Waals surface area (Å²) in [4.78, 5) is 12.1. The Morgan fingerprint density at radius 2 is 2.05 bits per heavy atom. The van der Waals surface area contributed by atoms with Crippen molar-refractivity contribution in [3.8, 4) is 0 Å². The van der Waals surface area contributed by atoms with Crippen molar-refractivity contribution in [2.45, 2.75) is 19.9 Å². The molecule has 1 unspecified atom stereocenters. The zero-order valence-corrected chi connectivity index (χ0v) is 14.2. The number of hydrogen-bond donors (Lipinski definition) is 1. The van der Waals surface area contributed by atoms with E-state index in [0.29, 0.717) is 12.6 Å². The third kappa shape index (κ3) is 3.13. The fraction of sp³-hybridized carbons (Fsp3) is 0.533. The molecule has 0 aromatic carbocycles. The van der Waals surface area contributed by atoms with Gasteiger partial charge in [0.2, 0.25) is 0 Å². The van der Waals surface area contributed by atoms with E-state index >= 15 is 0 Å². The third-order valence-electron chi connectivity index (χ3n) is 4.11. The fourth-order valence-electron chi connectivity index (χ4n) is 3.05. The molecule has 2 N–H and O–H groups in total. The average Bonchev–Trinajstić information content (AvgIpc) is 3.11. The van der Waals surface area contributed by atoms with Gasteiger partial charge in [0.05, 0.1) is 0 Å². The average molecular weight is 323 g/mol. The Morgan fingerprint density at radius 3 is 2.57 bits per heavy atom. The Hall–Kier alpha value is -0.950. The lowest BCUT2D eigenvalue weighted by Crippen LogP contribution is -2.49. The van der Waals surface area contributed by atoms with Crippen molar-refractivity contribution in [3.05, 3.63) is 33.0 Å². The summed E-state index contributed by atoms with van der Waals surface area (Å²) in [6.45, 7) is 9.24. The zero-order chi connectivity index (χ0) is 14.8. The number of hydrogen-bond acceptors (Lipinski definition) is 6. The van der Waals surface area contributed by atoms with Crippen LogP contribution in [0.3, 0.4) is 0 Å². The van der Waals surface area contributed by atoms with E-state index in [1.807, 2.05) is 22.9 Å². The molecular formula is C15H22N4S2. The van der Waals surface area contributed by atoms with Gasteiger partial charge in [-0.25, -0.2) is 4.98 Å². The Labute approximate surface area is 134 Å². The van der Waals surface area contributed by atoms with Crippen LogP contribution in [-0.4, -0.2) is 42.6 Å². The van der Waals surface area contributed by atoms with Gasteiger partial charge in [-0.05, 0) is 25.5 Å². The Morgan fingerprint density at radius 1 is 1.29 bits per heavy atom. The molecule has 1 fully saturated rings. The number of piperazine rings is 1. The molecule has 1 aliphatic rings. The van der Waals surface area contributed by atoms with Crippen LogP contribution in [-0.2, 0) is 0 Å². The number of nitrogens with zero attached hydrogens (tertiary/aromatic N) is 3. The van der Waals surface area contributed by atoms with Crippen LogP contribution in [0.4, 0.5) is 5.13 Å². The first kappa shape index (κ1) is 15.0.